The number of fused-ring (bicyclic) bond motifs is 1. The number of nitrogens with one attached hydrogen (secondary N) is 1. The van der Waals surface area contributed by atoms with Crippen molar-refractivity contribution in [1.82, 2.24) is 4.90 Å². The van der Waals surface area contributed by atoms with Gasteiger partial charge in [0.1, 0.15) is 0 Å². The maximum absolute atomic E-state index is 12.6. The molecule has 132 valence electrons. The van der Waals surface area contributed by atoms with Crippen molar-refractivity contribution in [2.75, 3.05) is 26.1 Å². The summed E-state index contributed by atoms with van der Waals surface area (Å²) in [5.74, 6) is 1.36. The Morgan fingerprint density at radius 1 is 1.00 bits per heavy atom. The van der Waals surface area contributed by atoms with Crippen molar-refractivity contribution >= 4 is 34.9 Å². The van der Waals surface area contributed by atoms with E-state index in [2.05, 4.69) is 5.32 Å². The predicted molar refractivity (Wildman–Crippen MR) is 99.1 cm³/mol. The summed E-state index contributed by atoms with van der Waals surface area (Å²) in [6.45, 7) is 1.11. The number of anilines is 1. The lowest BCUT2D eigenvalue weighted by Gasteiger charge is -2.29. The molecular weight excluding hydrogens is 363 g/mol. The third-order valence-electron chi connectivity index (χ3n) is 4.12. The van der Waals surface area contributed by atoms with E-state index in [1.54, 1.807) is 37.3 Å². The lowest BCUT2D eigenvalue weighted by Crippen LogP contribution is -2.38. The van der Waals surface area contributed by atoms with Gasteiger partial charge in [0.05, 0.1) is 14.2 Å². The largest absolute Gasteiger partial charge is 0.493 e. The summed E-state index contributed by atoms with van der Waals surface area (Å²) >= 11 is 11.9. The van der Waals surface area contributed by atoms with E-state index in [0.29, 0.717) is 40.3 Å². The summed E-state index contributed by atoms with van der Waals surface area (Å²) in [6, 6.07) is 8.65. The van der Waals surface area contributed by atoms with Crippen LogP contribution in [0.1, 0.15) is 11.1 Å². The summed E-state index contributed by atoms with van der Waals surface area (Å²) < 4.78 is 10.7. The van der Waals surface area contributed by atoms with Gasteiger partial charge in [0.2, 0.25) is 0 Å². The van der Waals surface area contributed by atoms with Crippen molar-refractivity contribution in [3.8, 4) is 11.5 Å². The van der Waals surface area contributed by atoms with E-state index in [0.717, 1.165) is 17.5 Å². The third-order valence-corrected chi connectivity index (χ3v) is 4.56. The topological polar surface area (TPSA) is 50.8 Å². The molecule has 5 nitrogen and oxygen atoms in total. The molecular formula is C18H18Cl2N2O3. The van der Waals surface area contributed by atoms with E-state index in [-0.39, 0.29) is 6.03 Å². The lowest BCUT2D eigenvalue weighted by molar-refractivity contribution is 0.206. The lowest BCUT2D eigenvalue weighted by atomic mass is 9.99. The molecule has 7 heteroatoms. The van der Waals surface area contributed by atoms with Gasteiger partial charge >= 0.3 is 6.03 Å². The fraction of sp³-hybridized carbons (Fsp3) is 0.278. The Labute approximate surface area is 156 Å². The normalized spacial score (nSPS) is 13.2. The van der Waals surface area contributed by atoms with Gasteiger partial charge in [-0.3, -0.25) is 0 Å². The molecule has 0 aromatic heterocycles. The summed E-state index contributed by atoms with van der Waals surface area (Å²) in [4.78, 5) is 14.3. The third kappa shape index (κ3) is 3.94. The Hall–Kier alpha value is -2.11. The van der Waals surface area contributed by atoms with Crippen molar-refractivity contribution in [1.29, 1.82) is 0 Å². The van der Waals surface area contributed by atoms with Crippen LogP contribution < -0.4 is 14.8 Å². The minimum atomic E-state index is -0.196. The standard InChI is InChI=1S/C18H18Cl2N2O3/c1-24-16-5-11-3-4-22(10-12(11)6-17(16)25-2)18(23)21-15-8-13(19)7-14(20)9-15/h5-9H,3-4,10H2,1-2H3,(H,21,23). The van der Waals surface area contributed by atoms with E-state index >= 15 is 0 Å². The molecule has 2 amide bonds. The summed E-state index contributed by atoms with van der Waals surface area (Å²) in [6.07, 6.45) is 0.749. The molecule has 0 saturated carbocycles. The fourth-order valence-electron chi connectivity index (χ4n) is 2.89. The molecule has 0 unspecified atom stereocenters. The minimum absolute atomic E-state index is 0.196. The molecule has 25 heavy (non-hydrogen) atoms. The number of hydrogen-bond acceptors (Lipinski definition) is 3. The van der Waals surface area contributed by atoms with E-state index in [9.17, 15) is 4.79 Å². The molecule has 1 heterocycles. The van der Waals surface area contributed by atoms with Crippen LogP contribution in [0.4, 0.5) is 10.5 Å². The van der Waals surface area contributed by atoms with Crippen LogP contribution in [0.15, 0.2) is 30.3 Å². The second-order valence-electron chi connectivity index (χ2n) is 5.74. The Morgan fingerprint density at radius 2 is 1.60 bits per heavy atom. The van der Waals surface area contributed by atoms with E-state index in [1.807, 2.05) is 12.1 Å². The highest BCUT2D eigenvalue weighted by atomic mass is 35.5. The van der Waals surface area contributed by atoms with Gasteiger partial charge in [0.15, 0.2) is 11.5 Å². The number of rotatable bonds is 3. The molecule has 0 radical (unpaired) electrons. The maximum atomic E-state index is 12.6. The number of hydrogen-bond donors (Lipinski definition) is 1. The molecule has 0 aliphatic carbocycles. The van der Waals surface area contributed by atoms with Gasteiger partial charge in [0, 0.05) is 28.8 Å². The minimum Gasteiger partial charge on any atom is -0.493 e. The average molecular weight is 381 g/mol. The van der Waals surface area contributed by atoms with Gasteiger partial charge < -0.3 is 19.7 Å². The molecule has 1 N–H and O–H groups in total. The number of methoxy groups -OCH3 is 2. The Balaban J connectivity index is 1.76. The molecule has 0 fully saturated rings. The molecule has 0 atom stereocenters. The predicted octanol–water partition coefficient (Wildman–Crippen LogP) is 4.60. The van der Waals surface area contributed by atoms with Gasteiger partial charge in [-0.25, -0.2) is 4.79 Å². The zero-order valence-electron chi connectivity index (χ0n) is 13.9. The number of benzene rings is 2. The zero-order chi connectivity index (χ0) is 18.0. The summed E-state index contributed by atoms with van der Waals surface area (Å²) in [5, 5.41) is 3.79. The van der Waals surface area contributed by atoms with Crippen molar-refractivity contribution in [3.63, 3.8) is 0 Å². The van der Waals surface area contributed by atoms with Crippen LogP contribution in [0, 0.1) is 0 Å². The molecule has 0 bridgehead atoms. The quantitative estimate of drug-likeness (QED) is 0.846. The molecule has 3 rings (SSSR count). The van der Waals surface area contributed by atoms with Crippen LogP contribution >= 0.6 is 23.2 Å². The number of ether oxygens (including phenoxy) is 2. The first kappa shape index (κ1) is 17.7. The molecule has 0 spiro atoms. The Kier molecular flexibility index (Phi) is 5.25. The molecule has 1 aliphatic rings. The molecule has 0 saturated heterocycles. The van der Waals surface area contributed by atoms with Crippen molar-refractivity contribution in [3.05, 3.63) is 51.5 Å². The van der Waals surface area contributed by atoms with E-state index in [1.165, 1.54) is 0 Å². The first-order valence-corrected chi connectivity index (χ1v) is 8.51. The summed E-state index contributed by atoms with van der Waals surface area (Å²) in [5.41, 5.74) is 2.77. The highest BCUT2D eigenvalue weighted by molar-refractivity contribution is 6.35. The smallest absolute Gasteiger partial charge is 0.322 e. The van der Waals surface area contributed by atoms with Crippen molar-refractivity contribution < 1.29 is 14.3 Å². The highest BCUT2D eigenvalue weighted by Gasteiger charge is 2.23. The van der Waals surface area contributed by atoms with Crippen LogP contribution in [0.3, 0.4) is 0 Å². The zero-order valence-corrected chi connectivity index (χ0v) is 15.4. The van der Waals surface area contributed by atoms with Crippen LogP contribution in [-0.4, -0.2) is 31.7 Å². The second kappa shape index (κ2) is 7.42. The van der Waals surface area contributed by atoms with Crippen molar-refractivity contribution in [2.45, 2.75) is 13.0 Å². The number of amides is 2. The van der Waals surface area contributed by atoms with Gasteiger partial charge in [-0.15, -0.1) is 0 Å². The summed E-state index contributed by atoms with van der Waals surface area (Å²) in [7, 11) is 3.21. The average Bonchev–Trinajstić information content (AvgIpc) is 2.58. The van der Waals surface area contributed by atoms with Gasteiger partial charge in [-0.1, -0.05) is 23.2 Å². The highest BCUT2D eigenvalue weighted by Crippen LogP contribution is 2.33. The maximum Gasteiger partial charge on any atom is 0.322 e. The van der Waals surface area contributed by atoms with E-state index < -0.39 is 0 Å². The molecule has 2 aromatic rings. The number of urea groups is 1. The number of halogens is 2. The van der Waals surface area contributed by atoms with Crippen LogP contribution in [0.25, 0.3) is 0 Å². The first-order chi connectivity index (χ1) is 12.0. The number of nitrogens with zero attached hydrogens (tertiary/aromatic N) is 1. The van der Waals surface area contributed by atoms with E-state index in [4.69, 9.17) is 32.7 Å². The second-order valence-corrected chi connectivity index (χ2v) is 6.61. The van der Waals surface area contributed by atoms with Gasteiger partial charge in [0.25, 0.3) is 0 Å². The van der Waals surface area contributed by atoms with Gasteiger partial charge in [-0.05, 0) is 47.9 Å². The van der Waals surface area contributed by atoms with Crippen molar-refractivity contribution in [2.24, 2.45) is 0 Å². The molecule has 2 aromatic carbocycles. The van der Waals surface area contributed by atoms with Gasteiger partial charge in [-0.2, -0.15) is 0 Å². The van der Waals surface area contributed by atoms with Crippen LogP contribution in [0.5, 0.6) is 11.5 Å². The molecule has 1 aliphatic heterocycles. The SMILES string of the molecule is COc1cc2c(cc1OC)CN(C(=O)Nc1cc(Cl)cc(Cl)c1)CC2. The monoisotopic (exact) mass is 380 g/mol. The number of carbonyl (C=O) groups is 1. The van der Waals surface area contributed by atoms with Crippen LogP contribution in [0.2, 0.25) is 10.0 Å². The Morgan fingerprint density at radius 3 is 2.20 bits per heavy atom. The number of carbonyl (C=O) groups excluding carboxylic acids is 1. The first-order valence-electron chi connectivity index (χ1n) is 7.76. The Bertz CT molecular complexity index is 791. The van der Waals surface area contributed by atoms with Crippen LogP contribution in [-0.2, 0) is 13.0 Å². The fourth-order valence-corrected chi connectivity index (χ4v) is 3.41.